The number of halogens is 1. The summed E-state index contributed by atoms with van der Waals surface area (Å²) in [4.78, 5) is 8.25. The lowest BCUT2D eigenvalue weighted by molar-refractivity contribution is 0.0775. The van der Waals surface area contributed by atoms with E-state index in [4.69, 9.17) is 0 Å². The molecule has 0 aliphatic carbocycles. The molecule has 2 aromatic rings. The van der Waals surface area contributed by atoms with E-state index >= 15 is 0 Å². The Labute approximate surface area is 158 Å². The van der Waals surface area contributed by atoms with Crippen LogP contribution in [0.2, 0.25) is 0 Å². The summed E-state index contributed by atoms with van der Waals surface area (Å²) in [7, 11) is 2.02. The maximum absolute atomic E-state index is 14.1. The minimum absolute atomic E-state index is 0.168. The lowest BCUT2D eigenvalue weighted by atomic mass is 9.96. The van der Waals surface area contributed by atoms with Crippen LogP contribution in [-0.2, 0) is 13.6 Å². The number of rotatable bonds is 4. The van der Waals surface area contributed by atoms with E-state index in [2.05, 4.69) is 29.5 Å². The van der Waals surface area contributed by atoms with E-state index in [1.165, 1.54) is 6.20 Å². The number of piperidine rings is 2. The number of nitrogens with zero attached hydrogens (tertiary/aromatic N) is 6. The van der Waals surface area contributed by atoms with Crippen molar-refractivity contribution in [2.75, 3.05) is 31.1 Å². The fourth-order valence-corrected chi connectivity index (χ4v) is 4.18. The molecule has 1 atom stereocenters. The number of hydrogen-bond donors (Lipinski definition) is 1. The van der Waals surface area contributed by atoms with Gasteiger partial charge in [-0.25, -0.2) is 4.39 Å². The zero-order chi connectivity index (χ0) is 18.8. The van der Waals surface area contributed by atoms with Gasteiger partial charge in [0.1, 0.15) is 11.6 Å². The molecule has 2 saturated heterocycles. The van der Waals surface area contributed by atoms with E-state index in [0.29, 0.717) is 5.69 Å². The summed E-state index contributed by atoms with van der Waals surface area (Å²) in [6.07, 6.45) is 6.41. The molecule has 0 radical (unpaired) electrons. The number of aliphatic hydroxyl groups is 1. The van der Waals surface area contributed by atoms with Crippen LogP contribution in [0.15, 0.2) is 18.5 Å². The summed E-state index contributed by atoms with van der Waals surface area (Å²) in [5.41, 5.74) is 0.615. The fraction of sp³-hybridized carbons (Fsp3) is 0.632. The molecule has 0 saturated carbocycles. The van der Waals surface area contributed by atoms with Crippen LogP contribution >= 0.6 is 0 Å². The molecular formula is C19H27FN6O. The van der Waals surface area contributed by atoms with Crippen LogP contribution in [-0.4, -0.2) is 62.0 Å². The van der Waals surface area contributed by atoms with E-state index in [9.17, 15) is 9.50 Å². The van der Waals surface area contributed by atoms with Gasteiger partial charge >= 0.3 is 0 Å². The Kier molecular flexibility index (Phi) is 5.36. The molecule has 0 amide bonds. The highest BCUT2D eigenvalue weighted by molar-refractivity contribution is 5.47. The quantitative estimate of drug-likeness (QED) is 0.878. The number of aliphatic hydroxyl groups excluding tert-OH is 1. The van der Waals surface area contributed by atoms with Crippen LogP contribution in [0.4, 0.5) is 10.1 Å². The van der Waals surface area contributed by atoms with E-state index in [0.717, 1.165) is 70.1 Å². The second-order valence-electron chi connectivity index (χ2n) is 7.65. The Morgan fingerprint density at radius 2 is 2.00 bits per heavy atom. The van der Waals surface area contributed by atoms with Crippen molar-refractivity contribution in [2.24, 2.45) is 7.05 Å². The van der Waals surface area contributed by atoms with Crippen LogP contribution in [0.25, 0.3) is 0 Å². The summed E-state index contributed by atoms with van der Waals surface area (Å²) in [6, 6.07) is 1.74. The average Bonchev–Trinajstić information content (AvgIpc) is 3.04. The summed E-state index contributed by atoms with van der Waals surface area (Å²) >= 11 is 0. The largest absolute Gasteiger partial charge is 0.393 e. The minimum atomic E-state index is -0.274. The molecule has 2 aromatic heterocycles. The SMILES string of the molecule is Cn1c(CN2CCC(O)CC2)nnc1C1CCCN(c2ccncc2F)C1. The van der Waals surface area contributed by atoms with Gasteiger partial charge in [-0.1, -0.05) is 0 Å². The fourth-order valence-electron chi connectivity index (χ4n) is 4.18. The molecule has 0 spiro atoms. The number of likely N-dealkylation sites (tertiary alicyclic amines) is 1. The predicted molar refractivity (Wildman–Crippen MR) is 99.9 cm³/mol. The molecule has 4 rings (SSSR count). The van der Waals surface area contributed by atoms with Crippen molar-refractivity contribution in [3.05, 3.63) is 35.9 Å². The van der Waals surface area contributed by atoms with Crippen molar-refractivity contribution in [1.82, 2.24) is 24.6 Å². The van der Waals surface area contributed by atoms with E-state index in [1.54, 1.807) is 12.3 Å². The van der Waals surface area contributed by atoms with E-state index < -0.39 is 0 Å². The molecule has 7 nitrogen and oxygen atoms in total. The summed E-state index contributed by atoms with van der Waals surface area (Å²) in [6.45, 7) is 4.12. The smallest absolute Gasteiger partial charge is 0.164 e. The van der Waals surface area contributed by atoms with Gasteiger partial charge in [-0.05, 0) is 31.7 Å². The second kappa shape index (κ2) is 7.90. The minimum Gasteiger partial charge on any atom is -0.393 e. The first kappa shape index (κ1) is 18.3. The Balaban J connectivity index is 1.45. The molecule has 1 unspecified atom stereocenters. The monoisotopic (exact) mass is 374 g/mol. The number of anilines is 1. The van der Waals surface area contributed by atoms with Crippen molar-refractivity contribution < 1.29 is 9.50 Å². The van der Waals surface area contributed by atoms with E-state index in [1.807, 2.05) is 7.05 Å². The first-order chi connectivity index (χ1) is 13.1. The highest BCUT2D eigenvalue weighted by Crippen LogP contribution is 2.30. The van der Waals surface area contributed by atoms with Crippen LogP contribution in [0, 0.1) is 5.82 Å². The highest BCUT2D eigenvalue weighted by atomic mass is 19.1. The standard InChI is InChI=1S/C19H27FN6O/c1-24-18(13-25-9-5-15(27)6-10-25)22-23-19(24)14-3-2-8-26(12-14)17-4-7-21-11-16(17)20/h4,7,11,14-15,27H,2-3,5-6,8-10,12-13H2,1H3. The van der Waals surface area contributed by atoms with Crippen LogP contribution in [0.5, 0.6) is 0 Å². The van der Waals surface area contributed by atoms with Gasteiger partial charge in [-0.2, -0.15) is 0 Å². The summed E-state index contributed by atoms with van der Waals surface area (Å²) < 4.78 is 16.2. The lowest BCUT2D eigenvalue weighted by Gasteiger charge is -2.34. The van der Waals surface area contributed by atoms with Crippen molar-refractivity contribution in [2.45, 2.75) is 44.2 Å². The topological polar surface area (TPSA) is 70.3 Å². The van der Waals surface area contributed by atoms with Gasteiger partial charge in [0.25, 0.3) is 0 Å². The van der Waals surface area contributed by atoms with Gasteiger partial charge in [0.2, 0.25) is 0 Å². The molecule has 0 aromatic carbocycles. The summed E-state index contributed by atoms with van der Waals surface area (Å²) in [5, 5.41) is 18.6. The van der Waals surface area contributed by atoms with E-state index in [-0.39, 0.29) is 17.8 Å². The lowest BCUT2D eigenvalue weighted by Crippen LogP contribution is -2.36. The molecule has 27 heavy (non-hydrogen) atoms. The average molecular weight is 374 g/mol. The third kappa shape index (κ3) is 3.96. The first-order valence-electron chi connectivity index (χ1n) is 9.75. The number of pyridine rings is 1. The molecule has 2 aliphatic rings. The van der Waals surface area contributed by atoms with Gasteiger partial charge < -0.3 is 14.6 Å². The van der Waals surface area contributed by atoms with Gasteiger partial charge in [0.05, 0.1) is 24.5 Å². The molecule has 1 N–H and O–H groups in total. The zero-order valence-corrected chi connectivity index (χ0v) is 15.8. The van der Waals surface area contributed by atoms with Crippen molar-refractivity contribution in [3.8, 4) is 0 Å². The Morgan fingerprint density at radius 1 is 1.19 bits per heavy atom. The molecule has 2 fully saturated rings. The third-order valence-corrected chi connectivity index (χ3v) is 5.80. The van der Waals surface area contributed by atoms with Crippen LogP contribution < -0.4 is 4.90 Å². The summed E-state index contributed by atoms with van der Waals surface area (Å²) in [5.74, 6) is 1.89. The second-order valence-corrected chi connectivity index (χ2v) is 7.65. The number of hydrogen-bond acceptors (Lipinski definition) is 6. The number of aromatic nitrogens is 4. The van der Waals surface area contributed by atoms with Gasteiger partial charge in [0, 0.05) is 45.3 Å². The van der Waals surface area contributed by atoms with Gasteiger partial charge in [-0.15, -0.1) is 10.2 Å². The Morgan fingerprint density at radius 3 is 2.78 bits per heavy atom. The molecule has 0 bridgehead atoms. The van der Waals surface area contributed by atoms with Gasteiger partial charge in [-0.3, -0.25) is 9.88 Å². The highest BCUT2D eigenvalue weighted by Gasteiger charge is 2.28. The third-order valence-electron chi connectivity index (χ3n) is 5.80. The molecule has 4 heterocycles. The maximum atomic E-state index is 14.1. The van der Waals surface area contributed by atoms with Crippen molar-refractivity contribution >= 4 is 5.69 Å². The molecular weight excluding hydrogens is 347 g/mol. The van der Waals surface area contributed by atoms with Crippen molar-refractivity contribution in [3.63, 3.8) is 0 Å². The molecule has 146 valence electrons. The van der Waals surface area contributed by atoms with Crippen LogP contribution in [0.1, 0.15) is 43.3 Å². The predicted octanol–water partition coefficient (Wildman–Crippen LogP) is 1.69. The Hall–Kier alpha value is -2.06. The molecule has 2 aliphatic heterocycles. The van der Waals surface area contributed by atoms with Gasteiger partial charge in [0.15, 0.2) is 5.82 Å². The van der Waals surface area contributed by atoms with Crippen LogP contribution in [0.3, 0.4) is 0 Å². The zero-order valence-electron chi connectivity index (χ0n) is 15.8. The molecule has 8 heteroatoms. The maximum Gasteiger partial charge on any atom is 0.164 e. The van der Waals surface area contributed by atoms with Crippen molar-refractivity contribution in [1.29, 1.82) is 0 Å². The normalized spacial score (nSPS) is 22.3. The Bertz CT molecular complexity index is 773. The first-order valence-corrected chi connectivity index (χ1v) is 9.75.